The van der Waals surface area contributed by atoms with Crippen LogP contribution in [0.2, 0.25) is 0 Å². The molecule has 1 aromatic carbocycles. The van der Waals surface area contributed by atoms with Gasteiger partial charge < -0.3 is 10.4 Å². The van der Waals surface area contributed by atoms with Crippen LogP contribution in [0.15, 0.2) is 12.1 Å². The summed E-state index contributed by atoms with van der Waals surface area (Å²) in [4.78, 5) is 24.5. The van der Waals surface area contributed by atoms with Gasteiger partial charge in [0.2, 0.25) is 11.4 Å². The summed E-state index contributed by atoms with van der Waals surface area (Å²) in [6.07, 6.45) is 1.62. The number of ketones is 1. The summed E-state index contributed by atoms with van der Waals surface area (Å²) in [5.74, 6) is -1.08. The van der Waals surface area contributed by atoms with Crippen molar-refractivity contribution in [1.29, 1.82) is 0 Å². The number of carbonyl (C=O) groups excluding carboxylic acids is 2. The van der Waals surface area contributed by atoms with Gasteiger partial charge in [0.1, 0.15) is 0 Å². The fraction of sp³-hybridized carbons (Fsp3) is 0.467. The Morgan fingerprint density at radius 2 is 1.95 bits per heavy atom. The second-order valence-corrected chi connectivity index (χ2v) is 5.25. The van der Waals surface area contributed by atoms with Gasteiger partial charge in [0.15, 0.2) is 0 Å². The molecular weight excluding hydrogens is 242 g/mol. The molecule has 1 amide bonds. The molecule has 1 aromatic rings. The van der Waals surface area contributed by atoms with Gasteiger partial charge in [0.25, 0.3) is 5.91 Å². The molecule has 0 saturated heterocycles. The minimum Gasteiger partial charge on any atom is -0.373 e. The molecule has 1 aliphatic heterocycles. The number of aliphatic hydroxyl groups is 1. The highest BCUT2D eigenvalue weighted by molar-refractivity contribution is 6.26. The fourth-order valence-electron chi connectivity index (χ4n) is 2.56. The summed E-state index contributed by atoms with van der Waals surface area (Å²) in [5, 5.41) is 13.1. The lowest BCUT2D eigenvalue weighted by atomic mass is 9.81. The lowest BCUT2D eigenvalue weighted by Crippen LogP contribution is -2.53. The molecule has 4 heteroatoms. The maximum atomic E-state index is 12.5. The third kappa shape index (κ3) is 2.16. The highest BCUT2D eigenvalue weighted by Gasteiger charge is 2.48. The minimum atomic E-state index is -1.91. The summed E-state index contributed by atoms with van der Waals surface area (Å²) < 4.78 is 0. The third-order valence-electron chi connectivity index (χ3n) is 3.60. The van der Waals surface area contributed by atoms with Gasteiger partial charge in [0, 0.05) is 5.56 Å². The number of benzene rings is 1. The first-order chi connectivity index (χ1) is 8.90. The Balaban J connectivity index is 2.50. The summed E-state index contributed by atoms with van der Waals surface area (Å²) in [7, 11) is 0. The molecule has 2 rings (SSSR count). The number of amides is 1. The number of Topliss-reactive ketones (excluding diaryl/α,β-unsaturated/α-hetero) is 1. The van der Waals surface area contributed by atoms with Crippen LogP contribution in [-0.4, -0.2) is 22.4 Å². The third-order valence-corrected chi connectivity index (χ3v) is 3.60. The summed E-state index contributed by atoms with van der Waals surface area (Å²) in [5.41, 5.74) is 0.791. The maximum absolute atomic E-state index is 12.5. The normalized spacial score (nSPS) is 22.1. The van der Waals surface area contributed by atoms with Crippen molar-refractivity contribution in [2.75, 3.05) is 5.32 Å². The second kappa shape index (κ2) is 4.78. The molecule has 2 N–H and O–H groups in total. The molecule has 0 saturated carbocycles. The van der Waals surface area contributed by atoms with Crippen molar-refractivity contribution in [2.24, 2.45) is 0 Å². The molecule has 0 bridgehead atoms. The first-order valence-corrected chi connectivity index (χ1v) is 6.60. The van der Waals surface area contributed by atoms with E-state index in [4.69, 9.17) is 0 Å². The first kappa shape index (κ1) is 13.7. The van der Waals surface area contributed by atoms with Gasteiger partial charge in [0.05, 0.1) is 5.69 Å². The lowest BCUT2D eigenvalue weighted by molar-refractivity contribution is -0.130. The molecule has 1 unspecified atom stereocenters. The molecule has 0 radical (unpaired) electrons. The molecular formula is C15H19NO3. The van der Waals surface area contributed by atoms with Gasteiger partial charge in [-0.3, -0.25) is 9.59 Å². The van der Waals surface area contributed by atoms with Crippen LogP contribution in [-0.2, 0) is 4.79 Å². The number of rotatable bonds is 3. The number of unbranched alkanes of at least 4 members (excludes halogenated alkanes) is 1. The zero-order chi connectivity index (χ0) is 14.2. The zero-order valence-corrected chi connectivity index (χ0v) is 11.5. The molecule has 0 spiro atoms. The summed E-state index contributed by atoms with van der Waals surface area (Å²) >= 11 is 0. The van der Waals surface area contributed by atoms with E-state index in [1.54, 1.807) is 6.07 Å². The Kier molecular flexibility index (Phi) is 3.45. The van der Waals surface area contributed by atoms with Crippen molar-refractivity contribution in [3.8, 4) is 0 Å². The van der Waals surface area contributed by atoms with E-state index in [1.807, 2.05) is 26.8 Å². The Morgan fingerprint density at radius 1 is 1.26 bits per heavy atom. The Hall–Kier alpha value is -1.68. The molecule has 19 heavy (non-hydrogen) atoms. The highest BCUT2D eigenvalue weighted by Crippen LogP contribution is 2.34. The number of fused-ring (bicyclic) bond motifs is 1. The van der Waals surface area contributed by atoms with Crippen molar-refractivity contribution in [3.63, 3.8) is 0 Å². The molecule has 1 atom stereocenters. The van der Waals surface area contributed by atoms with Gasteiger partial charge in [-0.1, -0.05) is 19.4 Å². The van der Waals surface area contributed by atoms with Gasteiger partial charge in [-0.25, -0.2) is 0 Å². The molecule has 1 aliphatic rings. The van der Waals surface area contributed by atoms with E-state index in [-0.39, 0.29) is 6.42 Å². The van der Waals surface area contributed by atoms with Crippen LogP contribution < -0.4 is 5.32 Å². The number of hydrogen-bond acceptors (Lipinski definition) is 3. The second-order valence-electron chi connectivity index (χ2n) is 5.25. The van der Waals surface area contributed by atoms with Gasteiger partial charge in [-0.2, -0.15) is 0 Å². The predicted octanol–water partition coefficient (Wildman–Crippen LogP) is 2.36. The monoisotopic (exact) mass is 261 g/mol. The van der Waals surface area contributed by atoms with Crippen molar-refractivity contribution in [1.82, 2.24) is 0 Å². The standard InChI is InChI=1S/C15H19NO3/c1-4-5-6-15(19)13(17)12-10(3)7-9(2)8-11(12)16-14(15)18/h7-8,19H,4-6H2,1-3H3,(H,16,18). The van der Waals surface area contributed by atoms with Crippen molar-refractivity contribution >= 4 is 17.4 Å². The Morgan fingerprint density at radius 3 is 2.58 bits per heavy atom. The van der Waals surface area contributed by atoms with Crippen molar-refractivity contribution in [3.05, 3.63) is 28.8 Å². The Bertz CT molecular complexity index is 551. The molecule has 0 aromatic heterocycles. The number of nitrogens with one attached hydrogen (secondary N) is 1. The van der Waals surface area contributed by atoms with E-state index in [1.165, 1.54) is 0 Å². The fourth-order valence-corrected chi connectivity index (χ4v) is 2.56. The van der Waals surface area contributed by atoms with Crippen molar-refractivity contribution < 1.29 is 14.7 Å². The van der Waals surface area contributed by atoms with Crippen LogP contribution in [0.4, 0.5) is 5.69 Å². The SMILES string of the molecule is CCCCC1(O)C(=O)Nc2cc(C)cc(C)c2C1=O. The molecule has 1 heterocycles. The number of carbonyl (C=O) groups is 2. The van der Waals surface area contributed by atoms with E-state index >= 15 is 0 Å². The van der Waals surface area contributed by atoms with Gasteiger partial charge in [-0.15, -0.1) is 0 Å². The van der Waals surface area contributed by atoms with Crippen LogP contribution >= 0.6 is 0 Å². The number of hydrogen-bond donors (Lipinski definition) is 2. The van der Waals surface area contributed by atoms with Crippen LogP contribution in [0.1, 0.15) is 47.7 Å². The van der Waals surface area contributed by atoms with Crippen LogP contribution in [0.5, 0.6) is 0 Å². The van der Waals surface area contributed by atoms with Crippen LogP contribution in [0, 0.1) is 13.8 Å². The van der Waals surface area contributed by atoms with Crippen LogP contribution in [0.3, 0.4) is 0 Å². The first-order valence-electron chi connectivity index (χ1n) is 6.60. The van der Waals surface area contributed by atoms with E-state index in [2.05, 4.69) is 5.32 Å². The predicted molar refractivity (Wildman–Crippen MR) is 73.4 cm³/mol. The van der Waals surface area contributed by atoms with Gasteiger partial charge in [-0.05, 0) is 43.9 Å². The number of aryl methyl sites for hydroxylation is 2. The van der Waals surface area contributed by atoms with Gasteiger partial charge >= 0.3 is 0 Å². The highest BCUT2D eigenvalue weighted by atomic mass is 16.3. The topological polar surface area (TPSA) is 66.4 Å². The maximum Gasteiger partial charge on any atom is 0.264 e. The van der Waals surface area contributed by atoms with E-state index < -0.39 is 17.3 Å². The lowest BCUT2D eigenvalue weighted by Gasteiger charge is -2.32. The smallest absolute Gasteiger partial charge is 0.264 e. The number of anilines is 1. The van der Waals surface area contributed by atoms with Crippen molar-refractivity contribution in [2.45, 2.75) is 45.6 Å². The quantitative estimate of drug-likeness (QED) is 0.821. The Labute approximate surface area is 112 Å². The molecule has 0 fully saturated rings. The molecule has 102 valence electrons. The van der Waals surface area contributed by atoms with E-state index in [9.17, 15) is 14.7 Å². The summed E-state index contributed by atoms with van der Waals surface area (Å²) in [6.45, 7) is 5.68. The largest absolute Gasteiger partial charge is 0.373 e. The zero-order valence-electron chi connectivity index (χ0n) is 11.5. The van der Waals surface area contributed by atoms with E-state index in [0.29, 0.717) is 17.7 Å². The molecule has 4 nitrogen and oxygen atoms in total. The molecule has 0 aliphatic carbocycles. The van der Waals surface area contributed by atoms with E-state index in [0.717, 1.165) is 17.5 Å². The van der Waals surface area contributed by atoms with Crippen LogP contribution in [0.25, 0.3) is 0 Å². The minimum absolute atomic E-state index is 0.168. The summed E-state index contributed by atoms with van der Waals surface area (Å²) in [6, 6.07) is 3.64. The average molecular weight is 261 g/mol. The average Bonchev–Trinajstić information content (AvgIpc) is 2.33.